The lowest BCUT2D eigenvalue weighted by Crippen LogP contribution is -2.40. The quantitative estimate of drug-likeness (QED) is 0.856. The lowest BCUT2D eigenvalue weighted by atomic mass is 9.96. The van der Waals surface area contributed by atoms with Gasteiger partial charge in [0.25, 0.3) is 0 Å². The Morgan fingerprint density at radius 1 is 1.36 bits per heavy atom. The highest BCUT2D eigenvalue weighted by Gasteiger charge is 2.47. The average Bonchev–Trinajstić information content (AvgIpc) is 3.29. The predicted molar refractivity (Wildman–Crippen MR) is 84.8 cm³/mol. The standard InChI is InChI=1S/C18H19F2N3O2/c1-10-21-17(22-25-10)11-3-2-6-23(9-11)18(24)15-8-13(15)14-7-12(19)4-5-16(14)20/h4-5,7,11,13,15H,2-3,6,8-9H2,1H3/t11-,13-,15+/m1/s1. The van der Waals surface area contributed by atoms with Crippen molar-refractivity contribution in [1.82, 2.24) is 15.0 Å². The summed E-state index contributed by atoms with van der Waals surface area (Å²) in [5, 5.41) is 3.96. The zero-order chi connectivity index (χ0) is 17.6. The normalized spacial score (nSPS) is 25.9. The van der Waals surface area contributed by atoms with E-state index in [1.54, 1.807) is 6.92 Å². The summed E-state index contributed by atoms with van der Waals surface area (Å²) in [4.78, 5) is 18.8. The van der Waals surface area contributed by atoms with E-state index < -0.39 is 11.6 Å². The molecule has 5 nitrogen and oxygen atoms in total. The van der Waals surface area contributed by atoms with Crippen molar-refractivity contribution in [2.45, 2.75) is 38.0 Å². The number of nitrogens with zero attached hydrogens (tertiary/aromatic N) is 3. The van der Waals surface area contributed by atoms with Crippen molar-refractivity contribution in [1.29, 1.82) is 0 Å². The zero-order valence-corrected chi connectivity index (χ0v) is 13.9. The molecule has 1 saturated carbocycles. The second-order valence-electron chi connectivity index (χ2n) is 6.91. The van der Waals surface area contributed by atoms with E-state index in [2.05, 4.69) is 10.1 Å². The van der Waals surface area contributed by atoms with E-state index in [0.29, 0.717) is 36.8 Å². The zero-order valence-electron chi connectivity index (χ0n) is 13.9. The number of amides is 1. The summed E-state index contributed by atoms with van der Waals surface area (Å²) in [5.41, 5.74) is 0.306. The Morgan fingerprint density at radius 3 is 2.96 bits per heavy atom. The Balaban J connectivity index is 1.44. The number of carbonyl (C=O) groups is 1. The molecule has 3 atom stereocenters. The van der Waals surface area contributed by atoms with E-state index in [-0.39, 0.29) is 23.7 Å². The van der Waals surface area contributed by atoms with Gasteiger partial charge in [-0.15, -0.1) is 0 Å². The van der Waals surface area contributed by atoms with Crippen LogP contribution in [0, 0.1) is 24.5 Å². The third-order valence-corrected chi connectivity index (χ3v) is 5.11. The fourth-order valence-electron chi connectivity index (χ4n) is 3.71. The molecule has 2 aromatic rings. The largest absolute Gasteiger partial charge is 0.342 e. The Bertz CT molecular complexity index is 807. The van der Waals surface area contributed by atoms with Gasteiger partial charge in [0.1, 0.15) is 11.6 Å². The number of hydrogen-bond acceptors (Lipinski definition) is 4. The monoisotopic (exact) mass is 347 g/mol. The topological polar surface area (TPSA) is 59.2 Å². The molecule has 4 rings (SSSR count). The van der Waals surface area contributed by atoms with Gasteiger partial charge < -0.3 is 9.42 Å². The summed E-state index contributed by atoms with van der Waals surface area (Å²) in [7, 11) is 0. The number of carbonyl (C=O) groups excluding carboxylic acids is 1. The van der Waals surface area contributed by atoms with Gasteiger partial charge in [0.05, 0.1) is 0 Å². The van der Waals surface area contributed by atoms with Gasteiger partial charge in [-0.3, -0.25) is 4.79 Å². The van der Waals surface area contributed by atoms with Crippen molar-refractivity contribution in [3.05, 3.63) is 47.1 Å². The Hall–Kier alpha value is -2.31. The van der Waals surface area contributed by atoms with Gasteiger partial charge in [-0.1, -0.05) is 5.16 Å². The maximum atomic E-state index is 13.9. The molecule has 1 amide bonds. The van der Waals surface area contributed by atoms with Crippen LogP contribution in [0.1, 0.15) is 48.4 Å². The summed E-state index contributed by atoms with van der Waals surface area (Å²) >= 11 is 0. The fraction of sp³-hybridized carbons (Fsp3) is 0.500. The Morgan fingerprint density at radius 2 is 2.20 bits per heavy atom. The maximum Gasteiger partial charge on any atom is 0.226 e. The molecule has 1 aromatic carbocycles. The molecule has 25 heavy (non-hydrogen) atoms. The van der Waals surface area contributed by atoms with E-state index >= 15 is 0 Å². The first-order chi connectivity index (χ1) is 12.0. The molecule has 0 unspecified atom stereocenters. The van der Waals surface area contributed by atoms with E-state index in [9.17, 15) is 13.6 Å². The first-order valence-corrected chi connectivity index (χ1v) is 8.57. The summed E-state index contributed by atoms with van der Waals surface area (Å²) in [6.45, 7) is 2.97. The molecule has 132 valence electrons. The molecular weight excluding hydrogens is 328 g/mol. The van der Waals surface area contributed by atoms with Crippen molar-refractivity contribution in [2.24, 2.45) is 5.92 Å². The third kappa shape index (κ3) is 3.15. The smallest absolute Gasteiger partial charge is 0.226 e. The van der Waals surface area contributed by atoms with Crippen LogP contribution in [0.3, 0.4) is 0 Å². The number of aromatic nitrogens is 2. The molecule has 2 heterocycles. The van der Waals surface area contributed by atoms with Crippen molar-refractivity contribution in [3.8, 4) is 0 Å². The molecule has 1 aliphatic carbocycles. The van der Waals surface area contributed by atoms with Gasteiger partial charge >= 0.3 is 0 Å². The molecule has 2 fully saturated rings. The molecule has 0 radical (unpaired) electrons. The van der Waals surface area contributed by atoms with Crippen LogP contribution < -0.4 is 0 Å². The van der Waals surface area contributed by atoms with Crippen LogP contribution in [0.5, 0.6) is 0 Å². The van der Waals surface area contributed by atoms with Crippen LogP contribution in [0.2, 0.25) is 0 Å². The highest BCUT2D eigenvalue weighted by atomic mass is 19.1. The van der Waals surface area contributed by atoms with Crippen LogP contribution in [0.15, 0.2) is 22.7 Å². The lowest BCUT2D eigenvalue weighted by molar-refractivity contribution is -0.133. The van der Waals surface area contributed by atoms with Gasteiger partial charge in [0, 0.05) is 31.8 Å². The van der Waals surface area contributed by atoms with E-state index in [4.69, 9.17) is 4.52 Å². The fourth-order valence-corrected chi connectivity index (χ4v) is 3.71. The molecule has 1 saturated heterocycles. The second kappa shape index (κ2) is 6.20. The van der Waals surface area contributed by atoms with Crippen LogP contribution in [-0.2, 0) is 4.79 Å². The van der Waals surface area contributed by atoms with Crippen LogP contribution in [-0.4, -0.2) is 34.0 Å². The molecule has 1 aliphatic heterocycles. The molecule has 2 aliphatic rings. The first kappa shape index (κ1) is 16.2. The van der Waals surface area contributed by atoms with Gasteiger partial charge in [-0.25, -0.2) is 8.78 Å². The molecule has 1 aromatic heterocycles. The minimum Gasteiger partial charge on any atom is -0.342 e. The first-order valence-electron chi connectivity index (χ1n) is 8.57. The van der Waals surface area contributed by atoms with E-state index in [1.165, 1.54) is 6.07 Å². The van der Waals surface area contributed by atoms with Crippen LogP contribution in [0.4, 0.5) is 8.78 Å². The highest BCUT2D eigenvalue weighted by molar-refractivity contribution is 5.83. The number of likely N-dealkylation sites (tertiary alicyclic amines) is 1. The summed E-state index contributed by atoms with van der Waals surface area (Å²) in [6, 6.07) is 3.43. The van der Waals surface area contributed by atoms with E-state index in [1.807, 2.05) is 4.90 Å². The third-order valence-electron chi connectivity index (χ3n) is 5.11. The second-order valence-corrected chi connectivity index (χ2v) is 6.91. The Kier molecular flexibility index (Phi) is 4.01. The summed E-state index contributed by atoms with van der Waals surface area (Å²) in [5.74, 6) is -0.170. The predicted octanol–water partition coefficient (Wildman–Crippen LogP) is 3.17. The maximum absolute atomic E-state index is 13.9. The van der Waals surface area contributed by atoms with Crippen molar-refractivity contribution >= 4 is 5.91 Å². The highest BCUT2D eigenvalue weighted by Crippen LogP contribution is 2.49. The van der Waals surface area contributed by atoms with Crippen LogP contribution in [0.25, 0.3) is 0 Å². The van der Waals surface area contributed by atoms with Crippen LogP contribution >= 0.6 is 0 Å². The van der Waals surface area contributed by atoms with Gasteiger partial charge in [0.15, 0.2) is 5.82 Å². The minimum atomic E-state index is -0.472. The molecule has 7 heteroatoms. The number of aryl methyl sites for hydroxylation is 1. The van der Waals surface area contributed by atoms with Gasteiger partial charge in [0.2, 0.25) is 11.8 Å². The van der Waals surface area contributed by atoms with Gasteiger partial charge in [-0.2, -0.15) is 4.98 Å². The van der Waals surface area contributed by atoms with Crippen molar-refractivity contribution in [2.75, 3.05) is 13.1 Å². The van der Waals surface area contributed by atoms with Gasteiger partial charge in [-0.05, 0) is 48.9 Å². The summed E-state index contributed by atoms with van der Waals surface area (Å²) in [6.07, 6.45) is 2.35. The van der Waals surface area contributed by atoms with Crippen molar-refractivity contribution < 1.29 is 18.1 Å². The average molecular weight is 347 g/mol. The number of piperidine rings is 1. The SMILES string of the molecule is Cc1nc([C@@H]2CCCN(C(=O)[C@H]3C[C@@H]3c3cc(F)ccc3F)C2)no1. The molecule has 0 spiro atoms. The molecular formula is C18H19F2N3O2. The minimum absolute atomic E-state index is 0.0126. The number of halogens is 2. The number of benzene rings is 1. The number of hydrogen-bond donors (Lipinski definition) is 0. The van der Waals surface area contributed by atoms with Crippen molar-refractivity contribution in [3.63, 3.8) is 0 Å². The molecule has 0 N–H and O–H groups in total. The Labute approximate surface area is 144 Å². The number of rotatable bonds is 3. The summed E-state index contributed by atoms with van der Waals surface area (Å²) < 4.78 is 32.3. The van der Waals surface area contributed by atoms with E-state index in [0.717, 1.165) is 25.0 Å². The molecule has 0 bridgehead atoms. The lowest BCUT2D eigenvalue weighted by Gasteiger charge is -2.31.